The maximum Gasteiger partial charge on any atom is 0.150 e. The Labute approximate surface area is 66.8 Å². The molecule has 1 aromatic carbocycles. The average molecular weight is 169 g/mol. The Balaban J connectivity index is 3.10. The van der Waals surface area contributed by atoms with Crippen LogP contribution in [0.1, 0.15) is 10.4 Å². The molecule has 1 atom stereocenters. The summed E-state index contributed by atoms with van der Waals surface area (Å²) >= 11 is 0. The van der Waals surface area contributed by atoms with E-state index in [1.807, 2.05) is 0 Å². The van der Waals surface area contributed by atoms with Crippen LogP contribution in [-0.4, -0.2) is 10.5 Å². The van der Waals surface area contributed by atoms with E-state index < -0.39 is 11.0 Å². The lowest BCUT2D eigenvalue weighted by Gasteiger charge is -1.94. The Hall–Kier alpha value is -1.00. The van der Waals surface area contributed by atoms with Gasteiger partial charge in [0.05, 0.1) is 4.90 Å². The van der Waals surface area contributed by atoms with Gasteiger partial charge in [0.1, 0.15) is 17.3 Å². The van der Waals surface area contributed by atoms with Crippen molar-refractivity contribution in [3.05, 3.63) is 29.8 Å². The van der Waals surface area contributed by atoms with Crippen LogP contribution in [0.5, 0.6) is 0 Å². The van der Waals surface area contributed by atoms with Crippen LogP contribution in [0.4, 0.5) is 0 Å². The Kier molecular flexibility index (Phi) is 2.51. The fraction of sp³-hybridized carbons (Fsp3) is 0. The van der Waals surface area contributed by atoms with E-state index in [2.05, 4.69) is 0 Å². The summed E-state index contributed by atoms with van der Waals surface area (Å²) in [5, 5.41) is 5.09. The minimum Gasteiger partial charge on any atom is -0.298 e. The zero-order valence-corrected chi connectivity index (χ0v) is 6.51. The summed E-state index contributed by atoms with van der Waals surface area (Å²) in [4.78, 5) is 10.7. The van der Waals surface area contributed by atoms with Crippen molar-refractivity contribution < 1.29 is 9.00 Å². The number of hydrogen-bond acceptors (Lipinski definition) is 2. The molecule has 3 nitrogen and oxygen atoms in total. The number of aldehydes is 1. The third-order valence-corrected chi connectivity index (χ3v) is 1.95. The van der Waals surface area contributed by atoms with Crippen molar-refractivity contribution in [3.8, 4) is 0 Å². The number of carbonyl (C=O) groups is 1. The molecule has 2 N–H and O–H groups in total. The van der Waals surface area contributed by atoms with Gasteiger partial charge in [-0.2, -0.15) is 0 Å². The van der Waals surface area contributed by atoms with Crippen molar-refractivity contribution in [1.82, 2.24) is 0 Å². The van der Waals surface area contributed by atoms with Gasteiger partial charge in [-0.1, -0.05) is 12.1 Å². The van der Waals surface area contributed by atoms with Gasteiger partial charge in [-0.25, -0.2) is 9.35 Å². The van der Waals surface area contributed by atoms with E-state index in [1.54, 1.807) is 18.2 Å². The Bertz CT molecular complexity index is 298. The second kappa shape index (κ2) is 3.41. The summed E-state index contributed by atoms with van der Waals surface area (Å²) < 4.78 is 10.7. The summed E-state index contributed by atoms with van der Waals surface area (Å²) in [6.45, 7) is 0. The van der Waals surface area contributed by atoms with Crippen molar-refractivity contribution >= 4 is 17.3 Å². The van der Waals surface area contributed by atoms with Gasteiger partial charge in [0.25, 0.3) is 0 Å². The van der Waals surface area contributed by atoms with Crippen LogP contribution >= 0.6 is 0 Å². The normalized spacial score (nSPS) is 12.5. The number of hydrogen-bond donors (Lipinski definition) is 1. The van der Waals surface area contributed by atoms with Crippen LogP contribution in [-0.2, 0) is 11.0 Å². The van der Waals surface area contributed by atoms with Crippen LogP contribution in [0.25, 0.3) is 0 Å². The molecule has 0 radical (unpaired) electrons. The molecule has 0 aliphatic rings. The molecule has 0 fully saturated rings. The van der Waals surface area contributed by atoms with Crippen molar-refractivity contribution in [2.45, 2.75) is 4.90 Å². The Morgan fingerprint density at radius 1 is 1.45 bits per heavy atom. The molecule has 0 bridgehead atoms. The molecule has 58 valence electrons. The van der Waals surface area contributed by atoms with E-state index in [9.17, 15) is 9.00 Å². The van der Waals surface area contributed by atoms with Gasteiger partial charge in [-0.05, 0) is 12.1 Å². The highest BCUT2D eigenvalue weighted by atomic mass is 32.2. The predicted octanol–water partition coefficient (Wildman–Crippen LogP) is 0.480. The lowest BCUT2D eigenvalue weighted by Crippen LogP contribution is -2.02. The first-order valence-electron chi connectivity index (χ1n) is 2.95. The fourth-order valence-corrected chi connectivity index (χ4v) is 1.18. The quantitative estimate of drug-likeness (QED) is 0.654. The molecule has 4 heteroatoms. The molecule has 0 amide bonds. The molecule has 0 heterocycles. The molecule has 0 saturated carbocycles. The van der Waals surface area contributed by atoms with Crippen molar-refractivity contribution in [2.24, 2.45) is 5.14 Å². The maximum absolute atomic E-state index is 10.7. The second-order valence-electron chi connectivity index (χ2n) is 1.99. The Morgan fingerprint density at radius 2 is 2.18 bits per heavy atom. The minimum absolute atomic E-state index is 0.467. The smallest absolute Gasteiger partial charge is 0.150 e. The van der Waals surface area contributed by atoms with Crippen molar-refractivity contribution in [2.75, 3.05) is 0 Å². The number of carbonyl (C=O) groups excluding carboxylic acids is 1. The molecule has 1 unspecified atom stereocenters. The summed E-state index contributed by atoms with van der Waals surface area (Å²) in [7, 11) is -1.50. The Morgan fingerprint density at radius 3 is 2.73 bits per heavy atom. The fourth-order valence-electron chi connectivity index (χ4n) is 0.713. The van der Waals surface area contributed by atoms with E-state index in [-0.39, 0.29) is 0 Å². The van der Waals surface area contributed by atoms with Crippen molar-refractivity contribution in [1.29, 1.82) is 0 Å². The largest absolute Gasteiger partial charge is 0.298 e. The van der Waals surface area contributed by atoms with Gasteiger partial charge in [0, 0.05) is 5.56 Å². The monoisotopic (exact) mass is 169 g/mol. The van der Waals surface area contributed by atoms with Crippen molar-refractivity contribution in [3.63, 3.8) is 0 Å². The first kappa shape index (κ1) is 8.10. The van der Waals surface area contributed by atoms with Gasteiger partial charge in [-0.15, -0.1) is 0 Å². The number of benzene rings is 1. The summed E-state index contributed by atoms with van der Waals surface area (Å²) in [6, 6.07) is 6.39. The molecule has 0 aromatic heterocycles. The number of rotatable bonds is 2. The molecular formula is C7H7NO2S. The topological polar surface area (TPSA) is 60.2 Å². The van der Waals surface area contributed by atoms with E-state index in [0.29, 0.717) is 16.7 Å². The SMILES string of the molecule is NS(=O)c1cccc(C=O)c1. The van der Waals surface area contributed by atoms with E-state index in [0.717, 1.165) is 0 Å². The highest BCUT2D eigenvalue weighted by Crippen LogP contribution is 2.04. The first-order chi connectivity index (χ1) is 5.24. The molecule has 0 spiro atoms. The molecule has 1 aromatic rings. The molecular weight excluding hydrogens is 162 g/mol. The highest BCUT2D eigenvalue weighted by molar-refractivity contribution is 7.82. The van der Waals surface area contributed by atoms with Crippen LogP contribution < -0.4 is 5.14 Å². The number of nitrogens with two attached hydrogens (primary N) is 1. The lowest BCUT2D eigenvalue weighted by molar-refractivity contribution is 0.112. The molecule has 1 rings (SSSR count). The van der Waals surface area contributed by atoms with Crippen LogP contribution in [0.15, 0.2) is 29.2 Å². The minimum atomic E-state index is -1.50. The van der Waals surface area contributed by atoms with Crippen LogP contribution in [0, 0.1) is 0 Å². The van der Waals surface area contributed by atoms with Gasteiger partial charge < -0.3 is 0 Å². The summed E-state index contributed by atoms with van der Waals surface area (Å²) in [5.74, 6) is 0. The second-order valence-corrected chi connectivity index (χ2v) is 3.05. The molecule has 11 heavy (non-hydrogen) atoms. The predicted molar refractivity (Wildman–Crippen MR) is 42.4 cm³/mol. The first-order valence-corrected chi connectivity index (χ1v) is 4.17. The lowest BCUT2D eigenvalue weighted by atomic mass is 10.2. The molecule has 0 aliphatic heterocycles. The van der Waals surface area contributed by atoms with E-state index >= 15 is 0 Å². The maximum atomic E-state index is 10.7. The van der Waals surface area contributed by atoms with Gasteiger partial charge in [0.2, 0.25) is 0 Å². The molecule has 0 saturated heterocycles. The summed E-state index contributed by atoms with van der Waals surface area (Å²) in [5.41, 5.74) is 0.487. The molecule has 0 aliphatic carbocycles. The van der Waals surface area contributed by atoms with Gasteiger partial charge in [-0.3, -0.25) is 4.79 Å². The van der Waals surface area contributed by atoms with Gasteiger partial charge >= 0.3 is 0 Å². The van der Waals surface area contributed by atoms with Crippen LogP contribution in [0.2, 0.25) is 0 Å². The standard InChI is InChI=1S/C7H7NO2S/c8-11(10)7-3-1-2-6(4-7)5-9/h1-5H,8H2. The zero-order valence-electron chi connectivity index (χ0n) is 5.69. The average Bonchev–Trinajstić information content (AvgIpc) is 2.05. The third kappa shape index (κ3) is 1.96. The summed E-state index contributed by atoms with van der Waals surface area (Å²) in [6.07, 6.45) is 0.691. The van der Waals surface area contributed by atoms with E-state index in [4.69, 9.17) is 5.14 Å². The van der Waals surface area contributed by atoms with Crippen LogP contribution in [0.3, 0.4) is 0 Å². The third-order valence-electron chi connectivity index (χ3n) is 1.23. The zero-order chi connectivity index (χ0) is 8.27. The van der Waals surface area contributed by atoms with Gasteiger partial charge in [0.15, 0.2) is 0 Å². The van der Waals surface area contributed by atoms with E-state index in [1.165, 1.54) is 6.07 Å². The highest BCUT2D eigenvalue weighted by Gasteiger charge is 1.97.